The third-order valence-electron chi connectivity index (χ3n) is 2.03. The van der Waals surface area contributed by atoms with Crippen LogP contribution < -0.4 is 0 Å². The van der Waals surface area contributed by atoms with Gasteiger partial charge in [0.05, 0.1) is 4.34 Å². The van der Waals surface area contributed by atoms with Gasteiger partial charge in [-0.3, -0.25) is 0 Å². The summed E-state index contributed by atoms with van der Waals surface area (Å²) in [5.74, 6) is -0.353. The van der Waals surface area contributed by atoms with Gasteiger partial charge in [-0.25, -0.2) is 4.39 Å². The third-order valence-corrected chi connectivity index (χ3v) is 3.31. The topological polar surface area (TPSA) is 20.2 Å². The molecule has 1 aromatic carbocycles. The molecule has 1 heterocycles. The number of aliphatic hydroxyl groups is 1. The molecular formula is C11H8ClFOS. The highest BCUT2D eigenvalue weighted by Gasteiger charge is 2.12. The first-order valence-electron chi connectivity index (χ1n) is 4.35. The van der Waals surface area contributed by atoms with Gasteiger partial charge in [-0.2, -0.15) is 0 Å². The average molecular weight is 243 g/mol. The molecule has 0 amide bonds. The molecule has 0 saturated carbocycles. The Balaban J connectivity index is 2.32. The lowest BCUT2D eigenvalue weighted by atomic mass is 10.1. The monoisotopic (exact) mass is 242 g/mol. The number of benzene rings is 1. The summed E-state index contributed by atoms with van der Waals surface area (Å²) in [5, 5.41) is 9.91. The van der Waals surface area contributed by atoms with Crippen LogP contribution in [0.5, 0.6) is 0 Å². The van der Waals surface area contributed by atoms with Crippen LogP contribution in [0.4, 0.5) is 4.39 Å². The summed E-state index contributed by atoms with van der Waals surface area (Å²) in [5.41, 5.74) is 0.536. The first kappa shape index (κ1) is 10.6. The van der Waals surface area contributed by atoms with Crippen LogP contribution in [0, 0.1) is 5.82 Å². The van der Waals surface area contributed by atoms with Gasteiger partial charge in [-0.05, 0) is 29.8 Å². The van der Waals surface area contributed by atoms with Crippen molar-refractivity contribution in [3.05, 3.63) is 57.0 Å². The molecule has 2 aromatic rings. The van der Waals surface area contributed by atoms with Crippen molar-refractivity contribution >= 4 is 22.9 Å². The first-order chi connectivity index (χ1) is 7.16. The molecule has 4 heteroatoms. The number of rotatable bonds is 2. The molecule has 0 fully saturated rings. The van der Waals surface area contributed by atoms with E-state index in [1.54, 1.807) is 24.3 Å². The molecule has 15 heavy (non-hydrogen) atoms. The molecule has 0 radical (unpaired) electrons. The van der Waals surface area contributed by atoms with Crippen LogP contribution in [0.3, 0.4) is 0 Å². The van der Waals surface area contributed by atoms with Crippen molar-refractivity contribution in [2.24, 2.45) is 0 Å². The summed E-state index contributed by atoms with van der Waals surface area (Å²) < 4.78 is 13.5. The Morgan fingerprint density at radius 3 is 2.67 bits per heavy atom. The zero-order valence-electron chi connectivity index (χ0n) is 7.65. The Kier molecular flexibility index (Phi) is 3.05. The fraction of sp³-hybridized carbons (Fsp3) is 0.0909. The molecular weight excluding hydrogens is 235 g/mol. The fourth-order valence-electron chi connectivity index (χ4n) is 1.32. The molecule has 1 unspecified atom stereocenters. The van der Waals surface area contributed by atoms with Crippen molar-refractivity contribution in [1.29, 1.82) is 0 Å². The molecule has 78 valence electrons. The van der Waals surface area contributed by atoms with Crippen LogP contribution in [0.25, 0.3) is 0 Å². The average Bonchev–Trinajstić information content (AvgIpc) is 2.64. The van der Waals surface area contributed by atoms with Crippen molar-refractivity contribution in [3.63, 3.8) is 0 Å². The second-order valence-electron chi connectivity index (χ2n) is 3.10. The minimum atomic E-state index is -0.807. The van der Waals surface area contributed by atoms with Gasteiger partial charge in [0.25, 0.3) is 0 Å². The summed E-state index contributed by atoms with van der Waals surface area (Å²) in [7, 11) is 0. The molecule has 1 aromatic heterocycles. The standard InChI is InChI=1S/C11H8ClFOS/c12-10-5-4-9(15-10)11(14)7-2-1-3-8(13)6-7/h1-6,11,14H. The third kappa shape index (κ3) is 2.37. The fourth-order valence-corrected chi connectivity index (χ4v) is 2.39. The molecule has 0 spiro atoms. The SMILES string of the molecule is OC(c1cccc(F)c1)c1ccc(Cl)s1. The van der Waals surface area contributed by atoms with Gasteiger partial charge in [-0.1, -0.05) is 23.7 Å². The Hall–Kier alpha value is -0.900. The summed E-state index contributed by atoms with van der Waals surface area (Å²) >= 11 is 7.05. The van der Waals surface area contributed by atoms with Gasteiger partial charge < -0.3 is 5.11 Å². The van der Waals surface area contributed by atoms with Crippen LogP contribution in [-0.2, 0) is 0 Å². The van der Waals surface area contributed by atoms with Crippen LogP contribution in [0.2, 0.25) is 4.34 Å². The van der Waals surface area contributed by atoms with Crippen LogP contribution in [0.1, 0.15) is 16.5 Å². The number of hydrogen-bond acceptors (Lipinski definition) is 2. The molecule has 2 rings (SSSR count). The summed E-state index contributed by atoms with van der Waals surface area (Å²) in [4.78, 5) is 0.714. The Morgan fingerprint density at radius 2 is 2.07 bits per heavy atom. The van der Waals surface area contributed by atoms with E-state index in [1.807, 2.05) is 0 Å². The number of aliphatic hydroxyl groups excluding tert-OH is 1. The van der Waals surface area contributed by atoms with Gasteiger partial charge in [0, 0.05) is 4.88 Å². The van der Waals surface area contributed by atoms with E-state index in [2.05, 4.69) is 0 Å². The van der Waals surface area contributed by atoms with E-state index >= 15 is 0 Å². The number of thiophene rings is 1. The first-order valence-corrected chi connectivity index (χ1v) is 5.55. The van der Waals surface area contributed by atoms with Gasteiger partial charge in [0.15, 0.2) is 0 Å². The van der Waals surface area contributed by atoms with Gasteiger partial charge >= 0.3 is 0 Å². The van der Waals surface area contributed by atoms with Crippen LogP contribution in [-0.4, -0.2) is 5.11 Å². The van der Waals surface area contributed by atoms with Crippen molar-refractivity contribution in [3.8, 4) is 0 Å². The maximum absolute atomic E-state index is 12.9. The van der Waals surface area contributed by atoms with Crippen LogP contribution >= 0.6 is 22.9 Å². The summed E-state index contributed by atoms with van der Waals surface area (Å²) in [6, 6.07) is 9.37. The van der Waals surface area contributed by atoms with E-state index < -0.39 is 6.10 Å². The van der Waals surface area contributed by atoms with Crippen molar-refractivity contribution in [1.82, 2.24) is 0 Å². The summed E-state index contributed by atoms with van der Waals surface area (Å²) in [6.45, 7) is 0. The smallest absolute Gasteiger partial charge is 0.123 e. The molecule has 1 atom stereocenters. The zero-order valence-corrected chi connectivity index (χ0v) is 9.23. The molecule has 0 saturated heterocycles. The van der Waals surface area contributed by atoms with Crippen molar-refractivity contribution in [2.75, 3.05) is 0 Å². The lowest BCUT2D eigenvalue weighted by Gasteiger charge is -2.08. The van der Waals surface area contributed by atoms with E-state index in [9.17, 15) is 9.50 Å². The minimum Gasteiger partial charge on any atom is -0.383 e. The molecule has 0 aliphatic carbocycles. The second kappa shape index (κ2) is 4.31. The maximum atomic E-state index is 12.9. The van der Waals surface area contributed by atoms with Gasteiger partial charge in [0.1, 0.15) is 11.9 Å². The van der Waals surface area contributed by atoms with Crippen LogP contribution in [0.15, 0.2) is 36.4 Å². The Morgan fingerprint density at radius 1 is 1.27 bits per heavy atom. The highest BCUT2D eigenvalue weighted by Crippen LogP contribution is 2.30. The van der Waals surface area contributed by atoms with Crippen molar-refractivity contribution in [2.45, 2.75) is 6.10 Å². The van der Waals surface area contributed by atoms with Crippen molar-refractivity contribution < 1.29 is 9.50 Å². The Labute approximate surface area is 95.8 Å². The molecule has 1 nitrogen and oxygen atoms in total. The number of halogens is 2. The van der Waals surface area contributed by atoms with E-state index in [0.29, 0.717) is 14.8 Å². The lowest BCUT2D eigenvalue weighted by molar-refractivity contribution is 0.223. The van der Waals surface area contributed by atoms with E-state index in [-0.39, 0.29) is 5.82 Å². The maximum Gasteiger partial charge on any atom is 0.123 e. The highest BCUT2D eigenvalue weighted by atomic mass is 35.5. The normalized spacial score (nSPS) is 12.7. The minimum absolute atomic E-state index is 0.353. The highest BCUT2D eigenvalue weighted by molar-refractivity contribution is 7.16. The molecule has 0 aliphatic rings. The molecule has 1 N–H and O–H groups in total. The number of hydrogen-bond donors (Lipinski definition) is 1. The predicted octanol–water partition coefficient (Wildman–Crippen LogP) is 3.62. The van der Waals surface area contributed by atoms with Gasteiger partial charge in [0.2, 0.25) is 0 Å². The second-order valence-corrected chi connectivity index (χ2v) is 4.85. The van der Waals surface area contributed by atoms with E-state index in [1.165, 1.54) is 23.5 Å². The zero-order chi connectivity index (χ0) is 10.8. The largest absolute Gasteiger partial charge is 0.383 e. The molecule has 0 bridgehead atoms. The van der Waals surface area contributed by atoms with Gasteiger partial charge in [-0.15, -0.1) is 11.3 Å². The Bertz CT molecular complexity index is 469. The van der Waals surface area contributed by atoms with E-state index in [4.69, 9.17) is 11.6 Å². The summed E-state index contributed by atoms with van der Waals surface area (Å²) in [6.07, 6.45) is -0.807. The predicted molar refractivity (Wildman–Crippen MR) is 59.8 cm³/mol. The molecule has 0 aliphatic heterocycles. The lowest BCUT2D eigenvalue weighted by Crippen LogP contribution is -1.96. The quantitative estimate of drug-likeness (QED) is 0.853. The van der Waals surface area contributed by atoms with E-state index in [0.717, 1.165) is 0 Å².